The predicted octanol–water partition coefficient (Wildman–Crippen LogP) is 1.54. The number of carbonyl (C=O) groups excluding carboxylic acids is 1. The summed E-state index contributed by atoms with van der Waals surface area (Å²) in [7, 11) is 0. The van der Waals surface area contributed by atoms with Crippen LogP contribution in [0.3, 0.4) is 0 Å². The van der Waals surface area contributed by atoms with Crippen molar-refractivity contribution in [3.8, 4) is 0 Å². The second kappa shape index (κ2) is 6.73. The molecule has 0 spiro atoms. The van der Waals surface area contributed by atoms with E-state index in [1.165, 1.54) is 4.90 Å². The molecule has 0 unspecified atom stereocenters. The van der Waals surface area contributed by atoms with Crippen molar-refractivity contribution >= 4 is 11.9 Å². The van der Waals surface area contributed by atoms with Gasteiger partial charge >= 0.3 is 5.97 Å². The maximum atomic E-state index is 11.8. The van der Waals surface area contributed by atoms with E-state index in [1.807, 2.05) is 6.92 Å². The Morgan fingerprint density at radius 2 is 2.24 bits per heavy atom. The first kappa shape index (κ1) is 13.3. The van der Waals surface area contributed by atoms with Gasteiger partial charge in [0.2, 0.25) is 5.91 Å². The molecule has 1 rings (SSSR count). The van der Waals surface area contributed by atoms with Gasteiger partial charge in [-0.2, -0.15) is 0 Å². The Labute approximate surface area is 100 Å². The summed E-state index contributed by atoms with van der Waals surface area (Å²) in [5.41, 5.74) is 0.949. The van der Waals surface area contributed by atoms with Crippen LogP contribution in [0.5, 0.6) is 0 Å². The molecule has 0 aromatic carbocycles. The van der Waals surface area contributed by atoms with Crippen molar-refractivity contribution in [2.24, 2.45) is 0 Å². The molecule has 17 heavy (non-hydrogen) atoms. The molecule has 0 saturated heterocycles. The zero-order valence-electron chi connectivity index (χ0n) is 9.89. The highest BCUT2D eigenvalue weighted by Gasteiger charge is 2.15. The van der Waals surface area contributed by atoms with E-state index < -0.39 is 5.97 Å². The Morgan fingerprint density at radius 1 is 1.47 bits per heavy atom. The first-order chi connectivity index (χ1) is 8.13. The molecule has 0 atom stereocenters. The van der Waals surface area contributed by atoms with Gasteiger partial charge in [0.1, 0.15) is 6.54 Å². The largest absolute Gasteiger partial charge is 0.480 e. The molecule has 1 N–H and O–H groups in total. The fourth-order valence-electron chi connectivity index (χ4n) is 1.57. The smallest absolute Gasteiger partial charge is 0.323 e. The number of amides is 1. The molecule has 5 heteroatoms. The average Bonchev–Trinajstić information content (AvgIpc) is 2.77. The minimum absolute atomic E-state index is 0.129. The van der Waals surface area contributed by atoms with Gasteiger partial charge in [-0.05, 0) is 24.5 Å². The summed E-state index contributed by atoms with van der Waals surface area (Å²) in [4.78, 5) is 23.8. The lowest BCUT2D eigenvalue weighted by Crippen LogP contribution is -2.36. The first-order valence-corrected chi connectivity index (χ1v) is 5.64. The van der Waals surface area contributed by atoms with Crippen LogP contribution < -0.4 is 0 Å². The second-order valence-corrected chi connectivity index (χ2v) is 3.84. The molecule has 1 aromatic heterocycles. The van der Waals surface area contributed by atoms with Gasteiger partial charge < -0.3 is 14.4 Å². The number of furan rings is 1. The van der Waals surface area contributed by atoms with Crippen LogP contribution in [0.1, 0.15) is 25.3 Å². The molecule has 0 aliphatic heterocycles. The number of carbonyl (C=O) groups is 2. The molecule has 94 valence electrons. The molecule has 5 nitrogen and oxygen atoms in total. The van der Waals surface area contributed by atoms with Gasteiger partial charge in [0, 0.05) is 13.0 Å². The second-order valence-electron chi connectivity index (χ2n) is 3.84. The molecule has 0 aliphatic rings. The quantitative estimate of drug-likeness (QED) is 0.783. The maximum Gasteiger partial charge on any atom is 0.323 e. The minimum atomic E-state index is -0.977. The highest BCUT2D eigenvalue weighted by molar-refractivity contribution is 5.81. The van der Waals surface area contributed by atoms with E-state index in [-0.39, 0.29) is 12.5 Å². The first-order valence-electron chi connectivity index (χ1n) is 5.64. The van der Waals surface area contributed by atoms with Crippen LogP contribution in [0.2, 0.25) is 0 Å². The van der Waals surface area contributed by atoms with Crippen LogP contribution in [0.25, 0.3) is 0 Å². The monoisotopic (exact) mass is 239 g/mol. The van der Waals surface area contributed by atoms with Crippen molar-refractivity contribution in [2.75, 3.05) is 13.1 Å². The van der Waals surface area contributed by atoms with Gasteiger partial charge in [-0.1, -0.05) is 6.92 Å². The van der Waals surface area contributed by atoms with Crippen molar-refractivity contribution in [1.29, 1.82) is 0 Å². The highest BCUT2D eigenvalue weighted by atomic mass is 16.4. The molecule has 0 aliphatic carbocycles. The summed E-state index contributed by atoms with van der Waals surface area (Å²) in [5, 5.41) is 8.70. The predicted molar refractivity (Wildman–Crippen MR) is 61.5 cm³/mol. The van der Waals surface area contributed by atoms with Gasteiger partial charge in [-0.3, -0.25) is 9.59 Å². The summed E-state index contributed by atoms with van der Waals surface area (Å²) >= 11 is 0. The van der Waals surface area contributed by atoms with Crippen molar-refractivity contribution in [3.05, 3.63) is 24.2 Å². The average molecular weight is 239 g/mol. The van der Waals surface area contributed by atoms with Crippen LogP contribution in [-0.4, -0.2) is 35.0 Å². The zero-order valence-corrected chi connectivity index (χ0v) is 9.89. The van der Waals surface area contributed by atoms with E-state index in [0.29, 0.717) is 19.4 Å². The lowest BCUT2D eigenvalue weighted by molar-refractivity contribution is -0.144. The fraction of sp³-hybridized carbons (Fsp3) is 0.500. The van der Waals surface area contributed by atoms with Crippen LogP contribution in [0.4, 0.5) is 0 Å². The van der Waals surface area contributed by atoms with E-state index in [4.69, 9.17) is 9.52 Å². The standard InChI is InChI=1S/C12H17NO4/c1-2-6-13(8-12(15)16)11(14)4-3-10-5-7-17-9-10/h5,7,9H,2-4,6,8H2,1H3,(H,15,16). The molecule has 1 aromatic rings. The summed E-state index contributed by atoms with van der Waals surface area (Å²) < 4.78 is 4.90. The van der Waals surface area contributed by atoms with E-state index in [2.05, 4.69) is 0 Å². The molecule has 1 amide bonds. The van der Waals surface area contributed by atoms with Gasteiger partial charge in [0.05, 0.1) is 12.5 Å². The molecule has 0 fully saturated rings. The summed E-state index contributed by atoms with van der Waals surface area (Å²) in [6, 6.07) is 1.80. The van der Waals surface area contributed by atoms with Crippen molar-refractivity contribution in [3.63, 3.8) is 0 Å². The van der Waals surface area contributed by atoms with Crippen LogP contribution in [0, 0.1) is 0 Å². The van der Waals surface area contributed by atoms with Gasteiger partial charge in [-0.25, -0.2) is 0 Å². The van der Waals surface area contributed by atoms with Crippen molar-refractivity contribution < 1.29 is 19.1 Å². The molecular formula is C12H17NO4. The summed E-state index contributed by atoms with van der Waals surface area (Å²) in [6.45, 7) is 2.17. The fourth-order valence-corrected chi connectivity index (χ4v) is 1.57. The van der Waals surface area contributed by atoms with E-state index in [0.717, 1.165) is 12.0 Å². The lowest BCUT2D eigenvalue weighted by atomic mass is 10.2. The summed E-state index contributed by atoms with van der Waals surface area (Å²) in [6.07, 6.45) is 4.79. The van der Waals surface area contributed by atoms with Gasteiger partial charge in [-0.15, -0.1) is 0 Å². The number of hydrogen-bond donors (Lipinski definition) is 1. The maximum absolute atomic E-state index is 11.8. The molecule has 0 radical (unpaired) electrons. The molecular weight excluding hydrogens is 222 g/mol. The van der Waals surface area contributed by atoms with E-state index >= 15 is 0 Å². The highest BCUT2D eigenvalue weighted by Crippen LogP contribution is 2.06. The number of nitrogens with zero attached hydrogens (tertiary/aromatic N) is 1. The Balaban J connectivity index is 2.44. The van der Waals surface area contributed by atoms with Crippen LogP contribution >= 0.6 is 0 Å². The SMILES string of the molecule is CCCN(CC(=O)O)C(=O)CCc1ccoc1. The van der Waals surface area contributed by atoms with Gasteiger partial charge in [0.15, 0.2) is 0 Å². The number of rotatable bonds is 7. The molecule has 1 heterocycles. The minimum Gasteiger partial charge on any atom is -0.480 e. The van der Waals surface area contributed by atoms with Crippen LogP contribution in [0.15, 0.2) is 23.0 Å². The zero-order chi connectivity index (χ0) is 12.7. The van der Waals surface area contributed by atoms with Crippen molar-refractivity contribution in [2.45, 2.75) is 26.2 Å². The number of aryl methyl sites for hydroxylation is 1. The normalized spacial score (nSPS) is 10.2. The van der Waals surface area contributed by atoms with Gasteiger partial charge in [0.25, 0.3) is 0 Å². The Hall–Kier alpha value is -1.78. The molecule has 0 bridgehead atoms. The van der Waals surface area contributed by atoms with Crippen LogP contribution in [-0.2, 0) is 16.0 Å². The number of carboxylic acids is 1. The van der Waals surface area contributed by atoms with E-state index in [1.54, 1.807) is 18.6 Å². The topological polar surface area (TPSA) is 70.8 Å². The molecule has 0 saturated carbocycles. The Morgan fingerprint density at radius 3 is 2.76 bits per heavy atom. The Kier molecular flexibility index (Phi) is 5.26. The van der Waals surface area contributed by atoms with E-state index in [9.17, 15) is 9.59 Å². The number of hydrogen-bond acceptors (Lipinski definition) is 3. The van der Waals surface area contributed by atoms with Crippen molar-refractivity contribution in [1.82, 2.24) is 4.90 Å². The summed E-state index contributed by atoms with van der Waals surface area (Å²) in [5.74, 6) is -1.11. The third-order valence-corrected chi connectivity index (χ3v) is 2.38. The third kappa shape index (κ3) is 4.72. The lowest BCUT2D eigenvalue weighted by Gasteiger charge is -2.19. The number of aliphatic carboxylic acids is 1. The third-order valence-electron chi connectivity index (χ3n) is 2.38. The number of carboxylic acid groups (broad SMARTS) is 1. The Bertz CT molecular complexity index is 359.